The Balaban J connectivity index is 1.80. The van der Waals surface area contributed by atoms with Crippen LogP contribution >= 0.6 is 23.2 Å². The van der Waals surface area contributed by atoms with Gasteiger partial charge in [0.05, 0.1) is 23.7 Å². The number of hydrogen-bond acceptors (Lipinski definition) is 3. The fourth-order valence-electron chi connectivity index (χ4n) is 3.20. The lowest BCUT2D eigenvalue weighted by atomic mass is 10.2. The standard InChI is InChI=1S/C18H17Cl2N3O/c19-13-6-5-12(15(20)9-13)10-23-17-4-2-1-3-16(17)21-18(23)22-8-7-14(24)11-22/h1-6,9,14,24H,7-8,10-11H2. The van der Waals surface area contributed by atoms with E-state index in [0.717, 1.165) is 35.5 Å². The minimum absolute atomic E-state index is 0.294. The first-order valence-electron chi connectivity index (χ1n) is 7.94. The molecule has 0 spiro atoms. The Morgan fingerprint density at radius 1 is 1.17 bits per heavy atom. The molecular weight excluding hydrogens is 345 g/mol. The van der Waals surface area contributed by atoms with Crippen LogP contribution in [0.1, 0.15) is 12.0 Å². The van der Waals surface area contributed by atoms with E-state index >= 15 is 0 Å². The zero-order valence-electron chi connectivity index (χ0n) is 13.0. The molecule has 3 aromatic rings. The summed E-state index contributed by atoms with van der Waals surface area (Å²) >= 11 is 12.4. The van der Waals surface area contributed by atoms with E-state index < -0.39 is 0 Å². The molecule has 2 aromatic carbocycles. The van der Waals surface area contributed by atoms with Crippen LogP contribution in [0.25, 0.3) is 11.0 Å². The van der Waals surface area contributed by atoms with E-state index in [2.05, 4.69) is 15.5 Å². The fraction of sp³-hybridized carbons (Fsp3) is 0.278. The number of rotatable bonds is 3. The molecule has 24 heavy (non-hydrogen) atoms. The molecule has 1 fully saturated rings. The minimum Gasteiger partial charge on any atom is -0.391 e. The minimum atomic E-state index is -0.294. The number of β-amino-alcohol motifs (C(OH)–C–C–N with tert-alkyl or cyclic N) is 1. The summed E-state index contributed by atoms with van der Waals surface area (Å²) < 4.78 is 2.16. The summed E-state index contributed by atoms with van der Waals surface area (Å²) in [6.45, 7) is 2.02. The normalized spacial score (nSPS) is 17.8. The van der Waals surface area contributed by atoms with Gasteiger partial charge in [-0.1, -0.05) is 41.4 Å². The van der Waals surface area contributed by atoms with Crippen LogP contribution in [0.5, 0.6) is 0 Å². The van der Waals surface area contributed by atoms with Gasteiger partial charge in [0.15, 0.2) is 0 Å². The van der Waals surface area contributed by atoms with Crippen molar-refractivity contribution in [3.05, 3.63) is 58.1 Å². The summed E-state index contributed by atoms with van der Waals surface area (Å²) in [7, 11) is 0. The van der Waals surface area contributed by atoms with Crippen molar-refractivity contribution in [2.24, 2.45) is 0 Å². The van der Waals surface area contributed by atoms with Crippen molar-refractivity contribution < 1.29 is 5.11 Å². The number of hydrogen-bond donors (Lipinski definition) is 1. The molecule has 0 radical (unpaired) electrons. The zero-order chi connectivity index (χ0) is 16.7. The van der Waals surface area contributed by atoms with Crippen molar-refractivity contribution in [1.29, 1.82) is 0 Å². The van der Waals surface area contributed by atoms with Gasteiger partial charge in [0.2, 0.25) is 5.95 Å². The van der Waals surface area contributed by atoms with E-state index in [1.54, 1.807) is 6.07 Å². The molecule has 2 heterocycles. The Kier molecular flexibility index (Phi) is 4.12. The van der Waals surface area contributed by atoms with Gasteiger partial charge in [0, 0.05) is 23.1 Å². The second-order valence-electron chi connectivity index (χ2n) is 6.11. The smallest absolute Gasteiger partial charge is 0.206 e. The third kappa shape index (κ3) is 2.86. The number of halogens is 2. The molecule has 0 bridgehead atoms. The predicted octanol–water partition coefficient (Wildman–Crippen LogP) is 3.96. The predicted molar refractivity (Wildman–Crippen MR) is 98.1 cm³/mol. The molecule has 1 aliphatic heterocycles. The Bertz CT molecular complexity index is 893. The highest BCUT2D eigenvalue weighted by molar-refractivity contribution is 6.35. The molecule has 1 unspecified atom stereocenters. The van der Waals surface area contributed by atoms with Crippen molar-refractivity contribution in [3.63, 3.8) is 0 Å². The number of fused-ring (bicyclic) bond motifs is 1. The number of aliphatic hydroxyl groups excluding tert-OH is 1. The van der Waals surface area contributed by atoms with Crippen molar-refractivity contribution in [3.8, 4) is 0 Å². The number of aliphatic hydroxyl groups is 1. The zero-order valence-corrected chi connectivity index (χ0v) is 14.5. The molecule has 0 amide bonds. The lowest BCUT2D eigenvalue weighted by molar-refractivity contribution is 0.198. The highest BCUT2D eigenvalue weighted by atomic mass is 35.5. The Hall–Kier alpha value is -1.75. The van der Waals surface area contributed by atoms with Gasteiger partial charge in [-0.25, -0.2) is 4.98 Å². The van der Waals surface area contributed by atoms with Gasteiger partial charge in [-0.3, -0.25) is 0 Å². The molecule has 1 N–H and O–H groups in total. The van der Waals surface area contributed by atoms with Crippen LogP contribution in [-0.2, 0) is 6.54 Å². The summed E-state index contributed by atoms with van der Waals surface area (Å²) in [5.41, 5.74) is 2.99. The molecule has 124 valence electrons. The number of aromatic nitrogens is 2. The van der Waals surface area contributed by atoms with Gasteiger partial charge in [-0.15, -0.1) is 0 Å². The van der Waals surface area contributed by atoms with Gasteiger partial charge in [-0.2, -0.15) is 0 Å². The van der Waals surface area contributed by atoms with E-state index in [9.17, 15) is 5.11 Å². The van der Waals surface area contributed by atoms with E-state index in [1.165, 1.54) is 0 Å². The number of benzene rings is 2. The summed E-state index contributed by atoms with van der Waals surface area (Å²) in [4.78, 5) is 6.91. The Morgan fingerprint density at radius 3 is 2.75 bits per heavy atom. The molecular formula is C18H17Cl2N3O. The van der Waals surface area contributed by atoms with Crippen LogP contribution < -0.4 is 4.90 Å². The highest BCUT2D eigenvalue weighted by Crippen LogP contribution is 2.29. The average Bonchev–Trinajstić information content (AvgIpc) is 3.14. The monoisotopic (exact) mass is 361 g/mol. The maximum atomic E-state index is 9.88. The van der Waals surface area contributed by atoms with Gasteiger partial charge in [0.1, 0.15) is 0 Å². The van der Waals surface area contributed by atoms with E-state index in [1.807, 2.05) is 30.3 Å². The van der Waals surface area contributed by atoms with Crippen LogP contribution in [-0.4, -0.2) is 33.9 Å². The van der Waals surface area contributed by atoms with Gasteiger partial charge < -0.3 is 14.6 Å². The largest absolute Gasteiger partial charge is 0.391 e. The van der Waals surface area contributed by atoms with Crippen molar-refractivity contribution in [2.45, 2.75) is 19.1 Å². The first-order chi connectivity index (χ1) is 11.6. The molecule has 0 saturated carbocycles. The highest BCUT2D eigenvalue weighted by Gasteiger charge is 2.25. The molecule has 0 aliphatic carbocycles. The first-order valence-corrected chi connectivity index (χ1v) is 8.69. The lowest BCUT2D eigenvalue weighted by Gasteiger charge is -2.19. The number of anilines is 1. The molecule has 1 aromatic heterocycles. The van der Waals surface area contributed by atoms with Crippen LogP contribution in [0.15, 0.2) is 42.5 Å². The topological polar surface area (TPSA) is 41.3 Å². The van der Waals surface area contributed by atoms with Gasteiger partial charge in [0.25, 0.3) is 0 Å². The molecule has 6 heteroatoms. The second kappa shape index (κ2) is 6.28. The number of nitrogens with zero attached hydrogens (tertiary/aromatic N) is 3. The Labute approximate surface area is 150 Å². The SMILES string of the molecule is OC1CCN(c2nc3ccccc3n2Cc2ccc(Cl)cc2Cl)C1. The quantitative estimate of drug-likeness (QED) is 0.767. The van der Waals surface area contributed by atoms with Crippen LogP contribution in [0.3, 0.4) is 0 Å². The van der Waals surface area contributed by atoms with E-state index in [4.69, 9.17) is 28.2 Å². The number of imidazole rings is 1. The molecule has 4 rings (SSSR count). The van der Waals surface area contributed by atoms with Crippen LogP contribution in [0, 0.1) is 0 Å². The van der Waals surface area contributed by atoms with Crippen LogP contribution in [0.2, 0.25) is 10.0 Å². The van der Waals surface area contributed by atoms with Crippen molar-refractivity contribution in [2.75, 3.05) is 18.0 Å². The lowest BCUT2D eigenvalue weighted by Crippen LogP contribution is -2.25. The summed E-state index contributed by atoms with van der Waals surface area (Å²) in [5, 5.41) is 11.1. The van der Waals surface area contributed by atoms with Crippen molar-refractivity contribution >= 4 is 40.2 Å². The summed E-state index contributed by atoms with van der Waals surface area (Å²) in [5.74, 6) is 0.874. The third-order valence-corrected chi connectivity index (χ3v) is 5.01. The first kappa shape index (κ1) is 15.8. The molecule has 4 nitrogen and oxygen atoms in total. The molecule has 1 atom stereocenters. The third-order valence-electron chi connectivity index (χ3n) is 4.42. The Morgan fingerprint density at radius 2 is 2.00 bits per heavy atom. The summed E-state index contributed by atoms with van der Waals surface area (Å²) in [6.07, 6.45) is 0.475. The average molecular weight is 362 g/mol. The maximum Gasteiger partial charge on any atom is 0.206 e. The maximum absolute atomic E-state index is 9.88. The second-order valence-corrected chi connectivity index (χ2v) is 6.95. The van der Waals surface area contributed by atoms with Gasteiger partial charge in [-0.05, 0) is 36.2 Å². The van der Waals surface area contributed by atoms with Crippen molar-refractivity contribution in [1.82, 2.24) is 9.55 Å². The number of para-hydroxylation sites is 2. The van der Waals surface area contributed by atoms with E-state index in [-0.39, 0.29) is 6.10 Å². The van der Waals surface area contributed by atoms with E-state index in [0.29, 0.717) is 23.1 Å². The molecule has 1 aliphatic rings. The fourth-order valence-corrected chi connectivity index (χ4v) is 3.67. The van der Waals surface area contributed by atoms with Crippen LogP contribution in [0.4, 0.5) is 5.95 Å². The summed E-state index contributed by atoms with van der Waals surface area (Å²) in [6, 6.07) is 13.6. The molecule has 1 saturated heterocycles. The van der Waals surface area contributed by atoms with Gasteiger partial charge >= 0.3 is 0 Å².